The first-order valence-corrected chi connectivity index (χ1v) is 16.5. The summed E-state index contributed by atoms with van der Waals surface area (Å²) in [6, 6.07) is 0. The minimum absolute atomic E-state index is 0.101. The molecule has 1 radical (unpaired) electrons. The third-order valence-corrected chi connectivity index (χ3v) is 17.8. The maximum absolute atomic E-state index is 2.52. The van der Waals surface area contributed by atoms with E-state index in [4.69, 9.17) is 0 Å². The van der Waals surface area contributed by atoms with Crippen LogP contribution in [0.15, 0.2) is 0 Å². The van der Waals surface area contributed by atoms with Gasteiger partial charge in [0, 0.05) is 0 Å². The van der Waals surface area contributed by atoms with Crippen LogP contribution >= 0.6 is 0 Å². The molecule has 0 saturated heterocycles. The zero-order chi connectivity index (χ0) is 6.78. The van der Waals surface area contributed by atoms with Crippen molar-refractivity contribution in [2.45, 2.75) is 32.0 Å². The SMILES string of the molecule is C[Si](C)[CH2][Sn]([CH3])([CH3])[CH3]. The van der Waals surface area contributed by atoms with E-state index in [9.17, 15) is 0 Å². The minimum atomic E-state index is -1.31. The molecule has 0 aromatic rings. The molecule has 0 aliphatic heterocycles. The molecule has 0 spiro atoms. The van der Waals surface area contributed by atoms with Crippen LogP contribution in [0, 0.1) is 0 Å². The quantitative estimate of drug-likeness (QED) is 0.646. The third-order valence-electron chi connectivity index (χ3n) is 0.884. The van der Waals surface area contributed by atoms with Gasteiger partial charge in [0.15, 0.2) is 0 Å². The van der Waals surface area contributed by atoms with Crippen LogP contribution in [0.5, 0.6) is 0 Å². The Hall–Kier alpha value is 1.02. The van der Waals surface area contributed by atoms with Crippen LogP contribution in [0.2, 0.25) is 32.0 Å². The van der Waals surface area contributed by atoms with Gasteiger partial charge >= 0.3 is 59.1 Å². The Bertz CT molecular complexity index is 63.4. The van der Waals surface area contributed by atoms with E-state index in [1.807, 2.05) is 0 Å². The molecule has 0 atom stereocenters. The third kappa shape index (κ3) is 7.02. The molecule has 0 amide bonds. The number of hydrogen-bond acceptors (Lipinski definition) is 0. The Morgan fingerprint density at radius 1 is 1.12 bits per heavy atom. The Morgan fingerprint density at radius 3 is 1.50 bits per heavy atom. The normalized spacial score (nSPS) is 12.8. The van der Waals surface area contributed by atoms with Crippen LogP contribution in [-0.2, 0) is 0 Å². The van der Waals surface area contributed by atoms with E-state index in [0.29, 0.717) is 0 Å². The fourth-order valence-electron chi connectivity index (χ4n) is 1.06. The first-order valence-electron chi connectivity index (χ1n) is 3.21. The van der Waals surface area contributed by atoms with E-state index in [1.165, 1.54) is 0 Å². The molecule has 0 aromatic heterocycles. The van der Waals surface area contributed by atoms with Crippen molar-refractivity contribution in [3.05, 3.63) is 0 Å². The summed E-state index contributed by atoms with van der Waals surface area (Å²) < 4.78 is 1.64. The molecule has 0 unspecified atom stereocenters. The topological polar surface area (TPSA) is 0 Å². The molecule has 2 heteroatoms. The van der Waals surface area contributed by atoms with Gasteiger partial charge in [-0.3, -0.25) is 0 Å². The second-order valence-electron chi connectivity index (χ2n) is 3.94. The van der Waals surface area contributed by atoms with Crippen molar-refractivity contribution in [1.29, 1.82) is 0 Å². The van der Waals surface area contributed by atoms with E-state index in [-0.39, 0.29) is 8.80 Å². The van der Waals surface area contributed by atoms with Crippen molar-refractivity contribution in [2.75, 3.05) is 0 Å². The van der Waals surface area contributed by atoms with Crippen LogP contribution in [-0.4, -0.2) is 27.2 Å². The standard InChI is InChI=1S/C3H8Si.3CH3.Sn/c1-4(2)3;;;;/h1H2,2-3H3;3*1H3;. The van der Waals surface area contributed by atoms with Gasteiger partial charge in [0.25, 0.3) is 0 Å². The molecule has 0 N–H and O–H groups in total. The van der Waals surface area contributed by atoms with Gasteiger partial charge in [-0.15, -0.1) is 0 Å². The summed E-state index contributed by atoms with van der Waals surface area (Å²) in [5.41, 5.74) is 0. The van der Waals surface area contributed by atoms with Crippen LogP contribution in [0.1, 0.15) is 0 Å². The monoisotopic (exact) mass is 237 g/mol. The van der Waals surface area contributed by atoms with E-state index in [1.54, 1.807) is 4.06 Å². The van der Waals surface area contributed by atoms with Crippen molar-refractivity contribution < 1.29 is 0 Å². The Balaban J connectivity index is 3.39. The van der Waals surface area contributed by atoms with Crippen molar-refractivity contribution in [1.82, 2.24) is 0 Å². The Kier molecular flexibility index (Phi) is 3.66. The van der Waals surface area contributed by atoms with Crippen LogP contribution in [0.4, 0.5) is 0 Å². The molecule has 49 valence electrons. The van der Waals surface area contributed by atoms with Crippen molar-refractivity contribution in [3.8, 4) is 0 Å². The molecule has 0 saturated carbocycles. The molecular formula is C6H17SiSn. The zero-order valence-corrected chi connectivity index (χ0v) is 10.6. The molecule has 0 aliphatic rings. The van der Waals surface area contributed by atoms with Crippen LogP contribution in [0.3, 0.4) is 0 Å². The van der Waals surface area contributed by atoms with Crippen molar-refractivity contribution in [3.63, 3.8) is 0 Å². The van der Waals surface area contributed by atoms with Gasteiger partial charge in [0.2, 0.25) is 0 Å². The van der Waals surface area contributed by atoms with Crippen LogP contribution < -0.4 is 0 Å². The fourth-order valence-corrected chi connectivity index (χ4v) is 21.3. The summed E-state index contributed by atoms with van der Waals surface area (Å²) in [6.45, 7) is 4.85. The van der Waals surface area contributed by atoms with E-state index < -0.39 is 18.4 Å². The summed E-state index contributed by atoms with van der Waals surface area (Å²) in [5, 5.41) is 0. The summed E-state index contributed by atoms with van der Waals surface area (Å²) in [7, 11) is 0.101. The van der Waals surface area contributed by atoms with Gasteiger partial charge in [0.1, 0.15) is 0 Å². The molecule has 0 bridgehead atoms. The van der Waals surface area contributed by atoms with E-state index in [0.717, 1.165) is 0 Å². The predicted molar refractivity (Wildman–Crippen MR) is 45.6 cm³/mol. The van der Waals surface area contributed by atoms with Gasteiger partial charge in [-0.25, -0.2) is 0 Å². The van der Waals surface area contributed by atoms with Gasteiger partial charge < -0.3 is 0 Å². The maximum atomic E-state index is 2.52. The number of hydrogen-bond donors (Lipinski definition) is 0. The first kappa shape index (κ1) is 9.02. The summed E-state index contributed by atoms with van der Waals surface area (Å²) in [5.74, 6) is 0. The van der Waals surface area contributed by atoms with Crippen molar-refractivity contribution >= 4 is 27.2 Å². The molecule has 0 heterocycles. The van der Waals surface area contributed by atoms with Gasteiger partial charge in [-0.05, 0) is 0 Å². The Labute approximate surface area is 59.2 Å². The van der Waals surface area contributed by atoms with E-state index in [2.05, 4.69) is 27.9 Å². The second-order valence-corrected chi connectivity index (χ2v) is 24.4. The molecule has 0 nitrogen and oxygen atoms in total. The predicted octanol–water partition coefficient (Wildman–Crippen LogP) is 2.62. The molecule has 0 aliphatic carbocycles. The molecular weight excluding hydrogens is 219 g/mol. The van der Waals surface area contributed by atoms with Gasteiger partial charge in [-0.1, -0.05) is 0 Å². The summed E-state index contributed by atoms with van der Waals surface area (Å²) in [6.07, 6.45) is 0. The molecule has 8 heavy (non-hydrogen) atoms. The van der Waals surface area contributed by atoms with Gasteiger partial charge in [-0.2, -0.15) is 0 Å². The number of rotatable bonds is 2. The van der Waals surface area contributed by atoms with Gasteiger partial charge in [0.05, 0.1) is 0 Å². The average Bonchev–Trinajstić information content (AvgIpc) is 1.21. The van der Waals surface area contributed by atoms with E-state index >= 15 is 0 Å². The summed E-state index contributed by atoms with van der Waals surface area (Å²) in [4.78, 5) is 7.56. The molecule has 0 fully saturated rings. The second kappa shape index (κ2) is 3.25. The van der Waals surface area contributed by atoms with Crippen molar-refractivity contribution in [2.24, 2.45) is 0 Å². The average molecular weight is 236 g/mol. The fraction of sp³-hybridized carbons (Fsp3) is 1.00. The Morgan fingerprint density at radius 2 is 1.50 bits per heavy atom. The first-order chi connectivity index (χ1) is 3.42. The van der Waals surface area contributed by atoms with Crippen LogP contribution in [0.25, 0.3) is 0 Å². The zero-order valence-electron chi connectivity index (χ0n) is 6.71. The summed E-state index contributed by atoms with van der Waals surface area (Å²) >= 11 is -1.31. The molecule has 0 aromatic carbocycles. The molecule has 0 rings (SSSR count).